The molecule has 3 aromatic rings. The Bertz CT molecular complexity index is 1020. The topological polar surface area (TPSA) is 66.2 Å². The maximum atomic E-state index is 12.7. The van der Waals surface area contributed by atoms with Crippen molar-refractivity contribution in [1.29, 1.82) is 0 Å². The van der Waals surface area contributed by atoms with Gasteiger partial charge in [0.15, 0.2) is 22.4 Å². The molecule has 0 saturated carbocycles. The van der Waals surface area contributed by atoms with Gasteiger partial charge in [-0.3, -0.25) is 9.36 Å². The molecule has 0 saturated heterocycles. The van der Waals surface area contributed by atoms with Crippen molar-refractivity contribution in [2.24, 2.45) is 0 Å². The summed E-state index contributed by atoms with van der Waals surface area (Å²) in [4.78, 5) is 12.7. The largest absolute Gasteiger partial charge is 0.490 e. The van der Waals surface area contributed by atoms with Crippen LogP contribution in [0.5, 0.6) is 11.5 Å². The lowest BCUT2D eigenvalue weighted by molar-refractivity contribution is 0.102. The van der Waals surface area contributed by atoms with E-state index in [-0.39, 0.29) is 11.5 Å². The molecule has 4 rings (SSSR count). The lowest BCUT2D eigenvalue weighted by atomic mass is 10.1. The van der Waals surface area contributed by atoms with Gasteiger partial charge in [0.1, 0.15) is 5.82 Å². The summed E-state index contributed by atoms with van der Waals surface area (Å²) >= 11 is 1.38. The normalized spacial score (nSPS) is 13.2. The highest BCUT2D eigenvalue weighted by atomic mass is 32.2. The van der Waals surface area contributed by atoms with Gasteiger partial charge in [-0.25, -0.2) is 0 Å². The third-order valence-electron chi connectivity index (χ3n) is 4.46. The Balaban J connectivity index is 1.51. The summed E-state index contributed by atoms with van der Waals surface area (Å²) in [5.41, 5.74) is 2.76. The predicted molar refractivity (Wildman–Crippen MR) is 108 cm³/mol. The van der Waals surface area contributed by atoms with Crippen LogP contribution in [0.4, 0.5) is 0 Å². The molecule has 1 aliphatic rings. The highest BCUT2D eigenvalue weighted by Gasteiger charge is 2.17. The van der Waals surface area contributed by atoms with Crippen LogP contribution in [0, 0.1) is 13.8 Å². The first-order valence-electron chi connectivity index (χ1n) is 9.16. The van der Waals surface area contributed by atoms with E-state index in [9.17, 15) is 4.79 Å². The van der Waals surface area contributed by atoms with E-state index in [0.717, 1.165) is 23.5 Å². The van der Waals surface area contributed by atoms with Crippen molar-refractivity contribution in [1.82, 2.24) is 14.8 Å². The molecule has 0 unspecified atom stereocenters. The van der Waals surface area contributed by atoms with Crippen LogP contribution in [0.3, 0.4) is 0 Å². The Kier molecular flexibility index (Phi) is 5.34. The van der Waals surface area contributed by atoms with Crippen molar-refractivity contribution in [3.63, 3.8) is 0 Å². The Morgan fingerprint density at radius 1 is 1.07 bits per heavy atom. The van der Waals surface area contributed by atoms with Crippen LogP contribution in [0.25, 0.3) is 5.69 Å². The minimum atomic E-state index is 0.0112. The molecular formula is C21H21N3O3S. The zero-order chi connectivity index (χ0) is 19.5. The van der Waals surface area contributed by atoms with Crippen LogP contribution in [0.2, 0.25) is 0 Å². The molecule has 0 fully saturated rings. The van der Waals surface area contributed by atoms with Crippen molar-refractivity contribution in [2.45, 2.75) is 25.4 Å². The minimum absolute atomic E-state index is 0.0112. The molecule has 2 heterocycles. The summed E-state index contributed by atoms with van der Waals surface area (Å²) in [5.74, 6) is 2.39. The second-order valence-electron chi connectivity index (χ2n) is 6.63. The number of ketones is 1. The summed E-state index contributed by atoms with van der Waals surface area (Å²) in [7, 11) is 0. The Morgan fingerprint density at radius 3 is 2.71 bits per heavy atom. The van der Waals surface area contributed by atoms with Crippen molar-refractivity contribution < 1.29 is 14.3 Å². The number of carbonyl (C=O) groups excluding carboxylic acids is 1. The van der Waals surface area contributed by atoms with Gasteiger partial charge in [-0.1, -0.05) is 23.9 Å². The highest BCUT2D eigenvalue weighted by Crippen LogP contribution is 2.31. The van der Waals surface area contributed by atoms with Crippen LogP contribution in [-0.2, 0) is 0 Å². The molecule has 0 N–H and O–H groups in total. The molecule has 0 aliphatic carbocycles. The monoisotopic (exact) mass is 395 g/mol. The van der Waals surface area contributed by atoms with E-state index in [1.807, 2.05) is 36.6 Å². The number of carbonyl (C=O) groups is 1. The number of Topliss-reactive ketones (excluding diaryl/α,β-unsaturated/α-hetero) is 1. The maximum absolute atomic E-state index is 12.7. The molecule has 0 spiro atoms. The summed E-state index contributed by atoms with van der Waals surface area (Å²) in [6.45, 7) is 5.18. The maximum Gasteiger partial charge on any atom is 0.196 e. The molecule has 144 valence electrons. The SMILES string of the molecule is Cc1cccc(-n2c(C)nnc2SCC(=O)c2ccc3c(c2)OCCCO3)c1. The van der Waals surface area contributed by atoms with E-state index < -0.39 is 0 Å². The third kappa shape index (κ3) is 3.89. The van der Waals surface area contributed by atoms with Gasteiger partial charge in [0, 0.05) is 17.7 Å². The lowest BCUT2D eigenvalue weighted by Gasteiger charge is -2.10. The molecule has 6 nitrogen and oxygen atoms in total. The number of hydrogen-bond donors (Lipinski definition) is 0. The molecule has 1 aromatic heterocycles. The van der Waals surface area contributed by atoms with E-state index in [0.29, 0.717) is 35.4 Å². The molecule has 0 radical (unpaired) electrons. The number of benzene rings is 2. The van der Waals surface area contributed by atoms with Gasteiger partial charge in [-0.2, -0.15) is 0 Å². The first kappa shape index (κ1) is 18.6. The fourth-order valence-corrected chi connectivity index (χ4v) is 3.94. The van der Waals surface area contributed by atoms with E-state index in [2.05, 4.69) is 16.3 Å². The van der Waals surface area contributed by atoms with Crippen molar-refractivity contribution in [3.05, 3.63) is 59.4 Å². The van der Waals surface area contributed by atoms with Gasteiger partial charge in [-0.15, -0.1) is 10.2 Å². The quantitative estimate of drug-likeness (QED) is 0.480. The summed E-state index contributed by atoms with van der Waals surface area (Å²) in [6.07, 6.45) is 0.835. The summed E-state index contributed by atoms with van der Waals surface area (Å²) in [5, 5.41) is 9.13. The van der Waals surface area contributed by atoms with Gasteiger partial charge in [-0.05, 0) is 49.7 Å². The second-order valence-corrected chi connectivity index (χ2v) is 7.57. The van der Waals surface area contributed by atoms with Crippen molar-refractivity contribution >= 4 is 17.5 Å². The fraction of sp³-hybridized carbons (Fsp3) is 0.286. The van der Waals surface area contributed by atoms with Crippen molar-refractivity contribution in [2.75, 3.05) is 19.0 Å². The Morgan fingerprint density at radius 2 is 1.89 bits per heavy atom. The zero-order valence-corrected chi connectivity index (χ0v) is 16.7. The second kappa shape index (κ2) is 8.06. The van der Waals surface area contributed by atoms with Gasteiger partial charge >= 0.3 is 0 Å². The highest BCUT2D eigenvalue weighted by molar-refractivity contribution is 7.99. The Labute approximate surface area is 167 Å². The average Bonchev–Trinajstić information content (AvgIpc) is 2.91. The number of aromatic nitrogens is 3. The van der Waals surface area contributed by atoms with E-state index >= 15 is 0 Å². The number of fused-ring (bicyclic) bond motifs is 1. The number of nitrogens with zero attached hydrogens (tertiary/aromatic N) is 3. The van der Waals surface area contributed by atoms with E-state index in [1.165, 1.54) is 11.8 Å². The van der Waals surface area contributed by atoms with E-state index in [1.54, 1.807) is 18.2 Å². The van der Waals surface area contributed by atoms with Gasteiger partial charge in [0.25, 0.3) is 0 Å². The molecular weight excluding hydrogens is 374 g/mol. The summed E-state index contributed by atoms with van der Waals surface area (Å²) < 4.78 is 13.3. The zero-order valence-electron chi connectivity index (χ0n) is 15.8. The van der Waals surface area contributed by atoms with E-state index in [4.69, 9.17) is 9.47 Å². The van der Waals surface area contributed by atoms with Gasteiger partial charge in [0.2, 0.25) is 0 Å². The number of aryl methyl sites for hydroxylation is 2. The van der Waals surface area contributed by atoms with Crippen molar-refractivity contribution in [3.8, 4) is 17.2 Å². The first-order valence-corrected chi connectivity index (χ1v) is 10.1. The van der Waals surface area contributed by atoms with Crippen LogP contribution < -0.4 is 9.47 Å². The third-order valence-corrected chi connectivity index (χ3v) is 5.39. The predicted octanol–water partition coefficient (Wildman–Crippen LogP) is 4.02. The van der Waals surface area contributed by atoms with Gasteiger partial charge in [0.05, 0.1) is 19.0 Å². The average molecular weight is 395 g/mol. The molecule has 2 aromatic carbocycles. The van der Waals surface area contributed by atoms with Gasteiger partial charge < -0.3 is 9.47 Å². The molecule has 0 amide bonds. The fourth-order valence-electron chi connectivity index (χ4n) is 3.05. The molecule has 7 heteroatoms. The Hall–Kier alpha value is -2.80. The number of rotatable bonds is 5. The van der Waals surface area contributed by atoms with Crippen LogP contribution >= 0.6 is 11.8 Å². The molecule has 0 bridgehead atoms. The summed E-state index contributed by atoms with van der Waals surface area (Å²) in [6, 6.07) is 13.5. The van der Waals surface area contributed by atoms with Crippen LogP contribution in [0.15, 0.2) is 47.6 Å². The molecule has 28 heavy (non-hydrogen) atoms. The standard InChI is InChI=1S/C21H21N3O3S/c1-14-5-3-6-17(11-14)24-15(2)22-23-21(24)28-13-18(25)16-7-8-19-20(12-16)27-10-4-9-26-19/h3,5-8,11-12H,4,9-10,13H2,1-2H3. The molecule has 0 atom stereocenters. The first-order chi connectivity index (χ1) is 13.6. The number of ether oxygens (including phenoxy) is 2. The molecule has 1 aliphatic heterocycles. The number of thioether (sulfide) groups is 1. The lowest BCUT2D eigenvalue weighted by Crippen LogP contribution is -2.06. The van der Waals surface area contributed by atoms with Crippen LogP contribution in [-0.4, -0.2) is 39.5 Å². The minimum Gasteiger partial charge on any atom is -0.490 e. The van der Waals surface area contributed by atoms with Crippen LogP contribution in [0.1, 0.15) is 28.2 Å². The number of hydrogen-bond acceptors (Lipinski definition) is 6. The smallest absolute Gasteiger partial charge is 0.196 e.